The van der Waals surface area contributed by atoms with Gasteiger partial charge in [-0.2, -0.15) is 0 Å². The van der Waals surface area contributed by atoms with E-state index >= 15 is 0 Å². The van der Waals surface area contributed by atoms with Gasteiger partial charge in [-0.25, -0.2) is 4.57 Å². The number of hydrogen-bond acceptors (Lipinski definition) is 5. The number of quaternary nitrogens is 1. The number of aliphatic hydroxyl groups is 1. The van der Waals surface area contributed by atoms with Crippen molar-refractivity contribution in [3.05, 3.63) is 36.5 Å². The summed E-state index contributed by atoms with van der Waals surface area (Å²) < 4.78 is 23.7. The SMILES string of the molecule is CCCCCCCCCCCCCC/C=C\CCCCCCCCCCCCCCCCCCCC(=O)NC(COP(=O)(O)OCC[N+](C)(C)C)C(O)/C=C/CC/C=C/CCCCCCCCCCCCCCC. The van der Waals surface area contributed by atoms with Crippen molar-refractivity contribution in [3.63, 3.8) is 0 Å². The molecular formula is C65H128N2O6P+. The topological polar surface area (TPSA) is 105 Å². The number of phosphoric ester groups is 1. The Kier molecular flexibility index (Phi) is 55.5. The Morgan fingerprint density at radius 1 is 0.446 bits per heavy atom. The Balaban J connectivity index is 4.06. The van der Waals surface area contributed by atoms with Crippen LogP contribution in [0.4, 0.5) is 0 Å². The largest absolute Gasteiger partial charge is 0.472 e. The summed E-state index contributed by atoms with van der Waals surface area (Å²) in [5.74, 6) is -0.181. The van der Waals surface area contributed by atoms with Crippen LogP contribution < -0.4 is 5.32 Å². The predicted molar refractivity (Wildman–Crippen MR) is 323 cm³/mol. The number of allylic oxidation sites excluding steroid dienone is 5. The summed E-state index contributed by atoms with van der Waals surface area (Å²) in [6.45, 7) is 4.84. The molecule has 0 rings (SSSR count). The van der Waals surface area contributed by atoms with Gasteiger partial charge in [-0.05, 0) is 57.8 Å². The van der Waals surface area contributed by atoms with Crippen LogP contribution in [0.2, 0.25) is 0 Å². The van der Waals surface area contributed by atoms with Crippen molar-refractivity contribution in [3.8, 4) is 0 Å². The van der Waals surface area contributed by atoms with E-state index in [1.807, 2.05) is 27.2 Å². The molecule has 438 valence electrons. The molecule has 3 atom stereocenters. The molecule has 0 spiro atoms. The van der Waals surface area contributed by atoms with Gasteiger partial charge in [-0.3, -0.25) is 13.8 Å². The zero-order chi connectivity index (χ0) is 54.2. The van der Waals surface area contributed by atoms with E-state index in [1.165, 1.54) is 263 Å². The number of carbonyl (C=O) groups is 1. The number of likely N-dealkylation sites (N-methyl/N-ethyl adjacent to an activating group) is 1. The minimum Gasteiger partial charge on any atom is -0.387 e. The molecule has 0 aliphatic carbocycles. The van der Waals surface area contributed by atoms with Crippen molar-refractivity contribution in [2.24, 2.45) is 0 Å². The monoisotopic (exact) mass is 1060 g/mol. The van der Waals surface area contributed by atoms with Crippen LogP contribution in [0.1, 0.15) is 322 Å². The van der Waals surface area contributed by atoms with E-state index < -0.39 is 20.0 Å². The Morgan fingerprint density at radius 3 is 1.08 bits per heavy atom. The van der Waals surface area contributed by atoms with Gasteiger partial charge in [0.2, 0.25) is 5.91 Å². The second kappa shape index (κ2) is 56.4. The van der Waals surface area contributed by atoms with Crippen molar-refractivity contribution in [2.75, 3.05) is 40.9 Å². The molecule has 0 fully saturated rings. The number of amides is 1. The fourth-order valence-electron chi connectivity index (χ4n) is 9.76. The van der Waals surface area contributed by atoms with Gasteiger partial charge in [0.25, 0.3) is 0 Å². The van der Waals surface area contributed by atoms with Gasteiger partial charge < -0.3 is 19.8 Å². The van der Waals surface area contributed by atoms with Gasteiger partial charge in [-0.1, -0.05) is 294 Å². The van der Waals surface area contributed by atoms with E-state index in [4.69, 9.17) is 9.05 Å². The lowest BCUT2D eigenvalue weighted by atomic mass is 10.0. The van der Waals surface area contributed by atoms with Crippen LogP contribution in [0.25, 0.3) is 0 Å². The van der Waals surface area contributed by atoms with E-state index in [-0.39, 0.29) is 19.1 Å². The lowest BCUT2D eigenvalue weighted by molar-refractivity contribution is -0.870. The molecule has 0 saturated carbocycles. The number of aliphatic hydroxyl groups excluding tert-OH is 1. The normalized spacial score (nSPS) is 14.0. The van der Waals surface area contributed by atoms with Crippen LogP contribution in [0.3, 0.4) is 0 Å². The van der Waals surface area contributed by atoms with Crippen LogP contribution >= 0.6 is 7.82 Å². The highest BCUT2D eigenvalue weighted by atomic mass is 31.2. The first kappa shape index (κ1) is 72.7. The molecule has 0 radical (unpaired) electrons. The summed E-state index contributed by atoms with van der Waals surface area (Å²) >= 11 is 0. The van der Waals surface area contributed by atoms with Crippen LogP contribution in [0.5, 0.6) is 0 Å². The average molecular weight is 1060 g/mol. The molecule has 3 unspecified atom stereocenters. The third-order valence-electron chi connectivity index (χ3n) is 14.8. The molecule has 0 aromatic rings. The van der Waals surface area contributed by atoms with Crippen molar-refractivity contribution in [1.29, 1.82) is 0 Å². The minimum atomic E-state index is -4.36. The highest BCUT2D eigenvalue weighted by Crippen LogP contribution is 2.43. The molecule has 74 heavy (non-hydrogen) atoms. The van der Waals surface area contributed by atoms with E-state index in [2.05, 4.69) is 43.5 Å². The Hall–Kier alpha value is -1.28. The first-order valence-corrected chi connectivity index (χ1v) is 33.9. The summed E-state index contributed by atoms with van der Waals surface area (Å²) in [5.41, 5.74) is 0. The number of carbonyl (C=O) groups excluding carboxylic acids is 1. The summed E-state index contributed by atoms with van der Waals surface area (Å²) in [7, 11) is 1.57. The van der Waals surface area contributed by atoms with Gasteiger partial charge in [0, 0.05) is 6.42 Å². The Bertz CT molecular complexity index is 1300. The molecule has 0 bridgehead atoms. The summed E-state index contributed by atoms with van der Waals surface area (Å²) in [5, 5.41) is 13.9. The molecule has 0 aliphatic rings. The first-order chi connectivity index (χ1) is 36.0. The van der Waals surface area contributed by atoms with Gasteiger partial charge >= 0.3 is 7.82 Å². The molecule has 0 heterocycles. The summed E-state index contributed by atoms with van der Waals surface area (Å²) in [4.78, 5) is 23.3. The van der Waals surface area contributed by atoms with Gasteiger partial charge in [0.05, 0.1) is 39.9 Å². The number of hydrogen-bond donors (Lipinski definition) is 3. The van der Waals surface area contributed by atoms with Crippen molar-refractivity contribution < 1.29 is 32.9 Å². The molecular weight excluding hydrogens is 936 g/mol. The lowest BCUT2D eigenvalue weighted by Gasteiger charge is -2.25. The predicted octanol–water partition coefficient (Wildman–Crippen LogP) is 20.1. The summed E-state index contributed by atoms with van der Waals surface area (Å²) in [6.07, 6.45) is 74.3. The highest BCUT2D eigenvalue weighted by molar-refractivity contribution is 7.47. The molecule has 8 nitrogen and oxygen atoms in total. The smallest absolute Gasteiger partial charge is 0.387 e. The van der Waals surface area contributed by atoms with Crippen LogP contribution in [-0.2, 0) is 18.4 Å². The van der Waals surface area contributed by atoms with Gasteiger partial charge in [0.15, 0.2) is 0 Å². The molecule has 0 aliphatic heterocycles. The molecule has 0 aromatic carbocycles. The standard InChI is InChI=1S/C65H127N2O6P/c1-6-8-10-12-14-16-18-20-22-24-26-27-28-29-30-31-32-33-34-35-36-37-38-39-41-43-45-47-49-51-53-55-57-59-65(69)66-63(62-73-74(70,71)72-61-60-67(3,4)5)64(68)58-56-54-52-50-48-46-44-42-40-25-23-21-19-17-15-13-11-9-7-2/h29-30,48,50,56,58,63-64,68H,6-28,31-47,49,51-55,57,59-62H2,1-5H3,(H-,66,69,70,71)/p+1/b30-29-,50-48+,58-56+. The fourth-order valence-corrected chi connectivity index (χ4v) is 10.5. The number of unbranched alkanes of at least 4 members (excludes halogenated alkanes) is 43. The van der Waals surface area contributed by atoms with Crippen molar-refractivity contribution >= 4 is 13.7 Å². The third-order valence-corrected chi connectivity index (χ3v) is 15.8. The second-order valence-electron chi connectivity index (χ2n) is 23.5. The average Bonchev–Trinajstić information content (AvgIpc) is 3.36. The number of nitrogens with one attached hydrogen (secondary N) is 1. The molecule has 1 amide bonds. The molecule has 0 aromatic heterocycles. The van der Waals surface area contributed by atoms with Crippen molar-refractivity contribution in [1.82, 2.24) is 5.32 Å². The Morgan fingerprint density at radius 2 is 0.743 bits per heavy atom. The highest BCUT2D eigenvalue weighted by Gasteiger charge is 2.27. The van der Waals surface area contributed by atoms with Crippen LogP contribution in [0, 0.1) is 0 Å². The maximum atomic E-state index is 13.0. The zero-order valence-electron chi connectivity index (χ0n) is 50.1. The lowest BCUT2D eigenvalue weighted by Crippen LogP contribution is -2.45. The Labute approximate surface area is 461 Å². The van der Waals surface area contributed by atoms with Crippen molar-refractivity contribution in [2.45, 2.75) is 334 Å². The third kappa shape index (κ3) is 58.4. The van der Waals surface area contributed by atoms with Gasteiger partial charge in [0.1, 0.15) is 13.2 Å². The van der Waals surface area contributed by atoms with E-state index in [0.29, 0.717) is 17.4 Å². The van der Waals surface area contributed by atoms with Crippen LogP contribution in [-0.4, -0.2) is 73.4 Å². The molecule has 0 saturated heterocycles. The van der Waals surface area contributed by atoms with E-state index in [9.17, 15) is 19.4 Å². The fraction of sp³-hybridized carbons (Fsp3) is 0.892. The van der Waals surface area contributed by atoms with E-state index in [1.54, 1.807) is 6.08 Å². The second-order valence-corrected chi connectivity index (χ2v) is 24.9. The van der Waals surface area contributed by atoms with E-state index in [0.717, 1.165) is 38.5 Å². The summed E-state index contributed by atoms with van der Waals surface area (Å²) in [6, 6.07) is -0.862. The zero-order valence-corrected chi connectivity index (χ0v) is 51.0. The molecule has 9 heteroatoms. The maximum absolute atomic E-state index is 13.0. The first-order valence-electron chi connectivity index (χ1n) is 32.4. The number of phosphoric acid groups is 1. The minimum absolute atomic E-state index is 0.0577. The number of rotatable bonds is 60. The number of nitrogens with zero attached hydrogens (tertiary/aromatic N) is 1. The quantitative estimate of drug-likeness (QED) is 0.0243. The van der Waals surface area contributed by atoms with Gasteiger partial charge in [-0.15, -0.1) is 0 Å². The molecule has 3 N–H and O–H groups in total. The maximum Gasteiger partial charge on any atom is 0.472 e. The van der Waals surface area contributed by atoms with Crippen LogP contribution in [0.15, 0.2) is 36.5 Å².